The largest absolute Gasteiger partial charge is 0.391 e. The van der Waals surface area contributed by atoms with Crippen LogP contribution in [0.5, 0.6) is 0 Å². The Balaban J connectivity index is 1.65. The highest BCUT2D eigenvalue weighted by molar-refractivity contribution is 7.13. The average molecular weight is 713 g/mol. The van der Waals surface area contributed by atoms with Crippen molar-refractivity contribution in [2.45, 2.75) is 90.1 Å². The number of aryl methyl sites for hydroxylation is 1. The molecule has 0 spiro atoms. The Bertz CT molecular complexity index is 1560. The van der Waals surface area contributed by atoms with E-state index in [1.165, 1.54) is 16.2 Å². The monoisotopic (exact) mass is 712 g/mol. The molecular formula is C34H48N8O7S. The number of nitrogens with one attached hydrogen (secondary N) is 5. The van der Waals surface area contributed by atoms with Crippen LogP contribution in [0.2, 0.25) is 0 Å². The number of aromatic nitrogens is 1. The summed E-state index contributed by atoms with van der Waals surface area (Å²) >= 11 is 1.46. The number of amides is 6. The first-order chi connectivity index (χ1) is 23.7. The summed E-state index contributed by atoms with van der Waals surface area (Å²) in [4.78, 5) is 86.6. The highest BCUT2D eigenvalue weighted by Gasteiger charge is 2.45. The van der Waals surface area contributed by atoms with Crippen LogP contribution < -0.4 is 32.3 Å². The number of benzene rings is 1. The minimum Gasteiger partial charge on any atom is -0.391 e. The van der Waals surface area contributed by atoms with Crippen LogP contribution in [0.4, 0.5) is 0 Å². The molecule has 0 aliphatic carbocycles. The van der Waals surface area contributed by atoms with Crippen LogP contribution in [-0.4, -0.2) is 101 Å². The molecule has 0 bridgehead atoms. The number of hydrogen-bond acceptors (Lipinski definition) is 10. The Morgan fingerprint density at radius 3 is 2.28 bits per heavy atom. The molecule has 0 unspecified atom stereocenters. The second-order valence-corrected chi connectivity index (χ2v) is 14.6. The summed E-state index contributed by atoms with van der Waals surface area (Å²) in [5.74, 6) is -3.43. The second kappa shape index (κ2) is 17.0. The Kier molecular flexibility index (Phi) is 13.1. The van der Waals surface area contributed by atoms with Crippen LogP contribution in [0.1, 0.15) is 70.2 Å². The van der Waals surface area contributed by atoms with Crippen LogP contribution >= 0.6 is 11.3 Å². The van der Waals surface area contributed by atoms with Gasteiger partial charge in [-0.2, -0.15) is 0 Å². The van der Waals surface area contributed by atoms with Gasteiger partial charge in [0, 0.05) is 32.5 Å². The standard InChI is InChI=1S/C34H48N8O7S/c1-19-28(50-18-38-19)21-11-9-20(10-12-21)27-32(48)37-16-26(45)39-23(15-35)30(46)36-13-7-5-6-8-25(44)40-29(34(2,3)4)33(49)42-17-22(43)14-24(42)31(47)41-27/h9-12,18,22-24,27,29,43H,5-8,13-17,35H2,1-4H3,(H,36,46)(H,37,48)(H,39,45)(H,40,44)(H,41,47)/t22-,23-,24+,27+,29-/m1/s1. The van der Waals surface area contributed by atoms with Gasteiger partial charge in [0.2, 0.25) is 35.4 Å². The molecule has 5 atom stereocenters. The molecule has 15 nitrogen and oxygen atoms in total. The van der Waals surface area contributed by atoms with Gasteiger partial charge in [-0.05, 0) is 36.3 Å². The quantitative estimate of drug-likeness (QED) is 0.227. The molecule has 8 N–H and O–H groups in total. The van der Waals surface area contributed by atoms with Gasteiger partial charge in [-0.15, -0.1) is 11.3 Å². The third kappa shape index (κ3) is 9.85. The van der Waals surface area contributed by atoms with Crippen molar-refractivity contribution in [2.75, 3.05) is 26.2 Å². The molecule has 1 aromatic carbocycles. The van der Waals surface area contributed by atoms with Crippen molar-refractivity contribution < 1.29 is 33.9 Å². The van der Waals surface area contributed by atoms with Crippen LogP contribution in [-0.2, 0) is 28.8 Å². The molecule has 1 aromatic heterocycles. The maximum atomic E-state index is 14.0. The van der Waals surface area contributed by atoms with E-state index in [0.29, 0.717) is 31.4 Å². The van der Waals surface area contributed by atoms with Crippen molar-refractivity contribution in [2.24, 2.45) is 11.1 Å². The number of carbonyl (C=O) groups is 6. The first kappa shape index (κ1) is 38.4. The van der Waals surface area contributed by atoms with Crippen LogP contribution in [0.15, 0.2) is 29.8 Å². The summed E-state index contributed by atoms with van der Waals surface area (Å²) < 4.78 is 0. The first-order valence-electron chi connectivity index (χ1n) is 16.8. The van der Waals surface area contributed by atoms with Gasteiger partial charge in [0.15, 0.2) is 0 Å². The summed E-state index contributed by atoms with van der Waals surface area (Å²) in [7, 11) is 0. The van der Waals surface area contributed by atoms with Crippen molar-refractivity contribution in [3.63, 3.8) is 0 Å². The number of rotatable bonds is 3. The summed E-state index contributed by atoms with van der Waals surface area (Å²) in [6, 6.07) is 2.46. The molecule has 2 aliphatic heterocycles. The minimum atomic E-state index is -1.30. The third-order valence-corrected chi connectivity index (χ3v) is 9.75. The molecule has 6 amide bonds. The predicted octanol–water partition coefficient (Wildman–Crippen LogP) is 0.0184. The summed E-state index contributed by atoms with van der Waals surface area (Å²) in [5, 5.41) is 24.0. The van der Waals surface area contributed by atoms with Crippen molar-refractivity contribution in [1.82, 2.24) is 36.5 Å². The molecule has 16 heteroatoms. The highest BCUT2D eigenvalue weighted by Crippen LogP contribution is 2.30. The lowest BCUT2D eigenvalue weighted by molar-refractivity contribution is -0.144. The number of aliphatic hydroxyl groups is 1. The lowest BCUT2D eigenvalue weighted by Gasteiger charge is -2.35. The second-order valence-electron chi connectivity index (χ2n) is 13.8. The summed E-state index contributed by atoms with van der Waals surface area (Å²) in [6.07, 6.45) is 0.735. The lowest BCUT2D eigenvalue weighted by atomic mass is 9.85. The Labute approximate surface area is 295 Å². The van der Waals surface area contributed by atoms with Gasteiger partial charge in [-0.3, -0.25) is 28.8 Å². The molecule has 0 saturated carbocycles. The van der Waals surface area contributed by atoms with Crippen molar-refractivity contribution in [1.29, 1.82) is 0 Å². The molecule has 2 aliphatic rings. The number of nitrogens with two attached hydrogens (primary N) is 1. The van der Waals surface area contributed by atoms with Crippen molar-refractivity contribution in [3.8, 4) is 10.4 Å². The fourth-order valence-electron chi connectivity index (χ4n) is 5.97. The SMILES string of the molecule is Cc1ncsc1-c1ccc([C@@H]2NC(=O)[C@@H]3C[C@@H](O)CN3C(=O)[C@H](C(C)(C)C)NC(=O)CCCCCNC(=O)[C@@H](CN)NC(=O)CNC2=O)cc1. The highest BCUT2D eigenvalue weighted by atomic mass is 32.1. The normalized spacial score (nSPS) is 25.6. The Morgan fingerprint density at radius 1 is 0.920 bits per heavy atom. The van der Waals surface area contributed by atoms with Gasteiger partial charge in [-0.1, -0.05) is 51.5 Å². The number of fused-ring (bicyclic) bond motifs is 1. The number of nitrogens with zero attached hydrogens (tertiary/aromatic N) is 2. The summed E-state index contributed by atoms with van der Waals surface area (Å²) in [6.45, 7) is 6.77. The zero-order valence-corrected chi connectivity index (χ0v) is 29.7. The molecule has 2 aromatic rings. The van der Waals surface area contributed by atoms with E-state index in [-0.39, 0.29) is 31.8 Å². The fraction of sp³-hybridized carbons (Fsp3) is 0.559. The van der Waals surface area contributed by atoms with Crippen LogP contribution in [0, 0.1) is 12.3 Å². The maximum absolute atomic E-state index is 14.0. The van der Waals surface area contributed by atoms with Crippen LogP contribution in [0.3, 0.4) is 0 Å². The van der Waals surface area contributed by atoms with E-state index >= 15 is 0 Å². The van der Waals surface area contributed by atoms with E-state index in [9.17, 15) is 33.9 Å². The molecule has 4 rings (SSSR count). The Morgan fingerprint density at radius 2 is 1.64 bits per heavy atom. The fourth-order valence-corrected chi connectivity index (χ4v) is 6.78. The lowest BCUT2D eigenvalue weighted by Crippen LogP contribution is -2.58. The third-order valence-electron chi connectivity index (χ3n) is 8.77. The van der Waals surface area contributed by atoms with Crippen LogP contribution in [0.25, 0.3) is 10.4 Å². The topological polar surface area (TPSA) is 225 Å². The molecular weight excluding hydrogens is 664 g/mol. The van der Waals surface area contributed by atoms with E-state index < -0.39 is 71.8 Å². The van der Waals surface area contributed by atoms with E-state index in [1.807, 2.05) is 6.92 Å². The first-order valence-corrected chi connectivity index (χ1v) is 17.7. The van der Waals surface area contributed by atoms with Gasteiger partial charge in [0.25, 0.3) is 0 Å². The summed E-state index contributed by atoms with van der Waals surface area (Å²) in [5.41, 5.74) is 8.83. The van der Waals surface area contributed by atoms with Gasteiger partial charge in [-0.25, -0.2) is 4.98 Å². The van der Waals surface area contributed by atoms with Gasteiger partial charge >= 0.3 is 0 Å². The molecule has 272 valence electrons. The number of thiazole rings is 1. The van der Waals surface area contributed by atoms with E-state index in [2.05, 4.69) is 31.6 Å². The average Bonchev–Trinajstić information content (AvgIpc) is 3.69. The van der Waals surface area contributed by atoms with E-state index in [1.54, 1.807) is 50.5 Å². The predicted molar refractivity (Wildman–Crippen MR) is 186 cm³/mol. The van der Waals surface area contributed by atoms with E-state index in [0.717, 1.165) is 16.1 Å². The van der Waals surface area contributed by atoms with Gasteiger partial charge in [0.1, 0.15) is 24.2 Å². The molecule has 50 heavy (non-hydrogen) atoms. The van der Waals surface area contributed by atoms with Crippen molar-refractivity contribution >= 4 is 46.8 Å². The molecule has 3 heterocycles. The molecule has 2 fully saturated rings. The number of carbonyl (C=O) groups excluding carboxylic acids is 6. The molecule has 0 radical (unpaired) electrons. The number of aliphatic hydroxyl groups excluding tert-OH is 1. The van der Waals surface area contributed by atoms with E-state index in [4.69, 9.17) is 5.73 Å². The molecule has 2 saturated heterocycles. The Hall–Kier alpha value is -4.41. The minimum absolute atomic E-state index is 0.0781. The van der Waals surface area contributed by atoms with Gasteiger partial charge in [0.05, 0.1) is 28.7 Å². The smallest absolute Gasteiger partial charge is 0.247 e. The zero-order valence-electron chi connectivity index (χ0n) is 28.9. The maximum Gasteiger partial charge on any atom is 0.247 e. The number of hydrogen-bond donors (Lipinski definition) is 7. The van der Waals surface area contributed by atoms with Gasteiger partial charge < -0.3 is 42.3 Å². The zero-order chi connectivity index (χ0) is 36.6. The van der Waals surface area contributed by atoms with Crippen molar-refractivity contribution in [3.05, 3.63) is 41.0 Å².